The predicted molar refractivity (Wildman–Crippen MR) is 145 cm³/mol. The maximum absolute atomic E-state index is 14.5. The van der Waals surface area contributed by atoms with Gasteiger partial charge in [-0.3, -0.25) is 9.59 Å². The Morgan fingerprint density at radius 1 is 1.03 bits per heavy atom. The van der Waals surface area contributed by atoms with Gasteiger partial charge in [0.25, 0.3) is 5.60 Å². The Morgan fingerprint density at radius 3 is 2.38 bits per heavy atom. The number of halogens is 5. The molecule has 0 aromatic heterocycles. The van der Waals surface area contributed by atoms with Crippen molar-refractivity contribution in [1.82, 2.24) is 5.32 Å². The maximum Gasteiger partial charge on any atom is 0.435 e. The van der Waals surface area contributed by atoms with Crippen LogP contribution in [0, 0.1) is 0 Å². The zero-order chi connectivity index (χ0) is 28.4. The van der Waals surface area contributed by atoms with Crippen LogP contribution in [-0.4, -0.2) is 23.7 Å². The Hall–Kier alpha value is -3.56. The molecule has 11 heteroatoms. The highest BCUT2D eigenvalue weighted by atomic mass is 35.5. The number of anilines is 1. The molecule has 204 valence electrons. The Bertz CT molecular complexity index is 1440. The number of carbonyl (C=O) groups excluding carboxylic acids is 2. The first-order valence-electron chi connectivity index (χ1n) is 12.0. The highest BCUT2D eigenvalue weighted by molar-refractivity contribution is 6.34. The van der Waals surface area contributed by atoms with Crippen molar-refractivity contribution in [2.24, 2.45) is 5.16 Å². The average molecular weight is 578 g/mol. The van der Waals surface area contributed by atoms with Crippen molar-refractivity contribution in [3.8, 4) is 11.1 Å². The van der Waals surface area contributed by atoms with E-state index in [1.807, 2.05) is 0 Å². The van der Waals surface area contributed by atoms with Crippen LogP contribution < -0.4 is 10.6 Å². The predicted octanol–water partition coefficient (Wildman–Crippen LogP) is 7.23. The summed E-state index contributed by atoms with van der Waals surface area (Å²) in [5.74, 6) is -0.404. The molecule has 1 unspecified atom stereocenters. The lowest BCUT2D eigenvalue weighted by atomic mass is 9.85. The number of rotatable bonds is 7. The summed E-state index contributed by atoms with van der Waals surface area (Å²) in [6.45, 7) is 3.31. The van der Waals surface area contributed by atoms with Crippen LogP contribution in [-0.2, 0) is 26.6 Å². The molecule has 4 rings (SSSR count). The van der Waals surface area contributed by atoms with E-state index in [1.165, 1.54) is 13.0 Å². The SMILES string of the molecule is CCC(=O)NCc1ccc(C2=NOC(c3cc(Cl)cc(Cl)c3)(C(F)(F)F)C2)cc1-c1cccc(NC(C)=O)c1. The van der Waals surface area contributed by atoms with Crippen molar-refractivity contribution in [3.63, 3.8) is 0 Å². The Balaban J connectivity index is 1.76. The Kier molecular flexibility index (Phi) is 8.23. The molecule has 2 N–H and O–H groups in total. The summed E-state index contributed by atoms with van der Waals surface area (Å²) < 4.78 is 43.4. The summed E-state index contributed by atoms with van der Waals surface area (Å²) in [5, 5.41) is 9.48. The lowest BCUT2D eigenvalue weighted by Gasteiger charge is -2.29. The van der Waals surface area contributed by atoms with Crippen molar-refractivity contribution in [1.29, 1.82) is 0 Å². The summed E-state index contributed by atoms with van der Waals surface area (Å²) >= 11 is 12.0. The van der Waals surface area contributed by atoms with Gasteiger partial charge >= 0.3 is 6.18 Å². The van der Waals surface area contributed by atoms with Gasteiger partial charge in [-0.2, -0.15) is 13.2 Å². The minimum absolute atomic E-state index is 0.0398. The molecule has 2 amide bonds. The second kappa shape index (κ2) is 11.3. The van der Waals surface area contributed by atoms with Gasteiger partial charge in [0, 0.05) is 53.2 Å². The van der Waals surface area contributed by atoms with E-state index >= 15 is 0 Å². The van der Waals surface area contributed by atoms with Gasteiger partial charge in [-0.1, -0.05) is 59.5 Å². The average Bonchev–Trinajstić information content (AvgIpc) is 3.34. The molecular formula is C28H24Cl2F3N3O3. The Labute approximate surface area is 233 Å². The second-order valence-corrected chi connectivity index (χ2v) is 9.93. The van der Waals surface area contributed by atoms with Crippen LogP contribution in [0.25, 0.3) is 11.1 Å². The molecule has 1 heterocycles. The molecule has 0 fully saturated rings. The van der Waals surface area contributed by atoms with Crippen LogP contribution in [0.2, 0.25) is 10.0 Å². The number of nitrogens with one attached hydrogen (secondary N) is 2. The minimum Gasteiger partial charge on any atom is -0.374 e. The first-order chi connectivity index (χ1) is 18.4. The van der Waals surface area contributed by atoms with Crippen LogP contribution in [0.5, 0.6) is 0 Å². The number of oxime groups is 1. The maximum atomic E-state index is 14.5. The Morgan fingerprint density at radius 2 is 1.74 bits per heavy atom. The zero-order valence-electron chi connectivity index (χ0n) is 21.0. The molecule has 0 bridgehead atoms. The van der Waals surface area contributed by atoms with Gasteiger partial charge in [0.2, 0.25) is 11.8 Å². The second-order valence-electron chi connectivity index (χ2n) is 9.05. The van der Waals surface area contributed by atoms with Gasteiger partial charge in [0.1, 0.15) is 0 Å². The quantitative estimate of drug-likeness (QED) is 0.311. The van der Waals surface area contributed by atoms with Crippen molar-refractivity contribution in [2.45, 2.75) is 45.0 Å². The number of alkyl halides is 3. The van der Waals surface area contributed by atoms with E-state index in [0.29, 0.717) is 28.8 Å². The number of hydrogen-bond donors (Lipinski definition) is 2. The summed E-state index contributed by atoms with van der Waals surface area (Å²) in [6.07, 6.45) is -5.14. The van der Waals surface area contributed by atoms with Crippen LogP contribution in [0.15, 0.2) is 65.8 Å². The largest absolute Gasteiger partial charge is 0.435 e. The summed E-state index contributed by atoms with van der Waals surface area (Å²) in [7, 11) is 0. The third-order valence-electron chi connectivity index (χ3n) is 6.25. The molecule has 39 heavy (non-hydrogen) atoms. The normalized spacial score (nSPS) is 16.8. The molecule has 0 saturated carbocycles. The molecule has 6 nitrogen and oxygen atoms in total. The van der Waals surface area contributed by atoms with Gasteiger partial charge < -0.3 is 15.5 Å². The van der Waals surface area contributed by atoms with E-state index in [1.54, 1.807) is 49.4 Å². The fraction of sp³-hybridized carbons (Fsp3) is 0.250. The molecule has 1 aliphatic heterocycles. The third-order valence-corrected chi connectivity index (χ3v) is 6.69. The fourth-order valence-electron chi connectivity index (χ4n) is 4.31. The van der Waals surface area contributed by atoms with Gasteiger partial charge in [0.15, 0.2) is 0 Å². The lowest BCUT2D eigenvalue weighted by molar-refractivity contribution is -0.275. The monoisotopic (exact) mass is 577 g/mol. The number of carbonyl (C=O) groups is 2. The molecule has 1 aliphatic rings. The number of amides is 2. The molecule has 1 atom stereocenters. The van der Waals surface area contributed by atoms with E-state index in [4.69, 9.17) is 28.0 Å². The van der Waals surface area contributed by atoms with Crippen LogP contribution in [0.1, 0.15) is 43.4 Å². The molecule has 0 aliphatic carbocycles. The van der Waals surface area contributed by atoms with Crippen molar-refractivity contribution >= 4 is 46.4 Å². The summed E-state index contributed by atoms with van der Waals surface area (Å²) in [4.78, 5) is 28.6. The van der Waals surface area contributed by atoms with E-state index in [9.17, 15) is 22.8 Å². The first-order valence-corrected chi connectivity index (χ1v) is 12.7. The van der Waals surface area contributed by atoms with Gasteiger partial charge in [0.05, 0.1) is 5.71 Å². The van der Waals surface area contributed by atoms with Crippen molar-refractivity contribution in [3.05, 3.63) is 87.4 Å². The summed E-state index contributed by atoms with van der Waals surface area (Å²) in [6, 6.07) is 15.7. The van der Waals surface area contributed by atoms with E-state index in [2.05, 4.69) is 15.8 Å². The summed E-state index contributed by atoms with van der Waals surface area (Å²) in [5.41, 5.74) is 0.0603. The zero-order valence-corrected chi connectivity index (χ0v) is 22.5. The molecular weight excluding hydrogens is 554 g/mol. The molecule has 0 spiro atoms. The third kappa shape index (κ3) is 6.20. The standard InChI is InChI=1S/C28H24Cl2F3N3O3/c1-3-26(38)34-15-19-8-7-18(10-24(19)17-5-4-6-23(9-17)35-16(2)37)25-14-27(39-36-25,28(31,32)33)20-11-21(29)13-22(30)12-20/h4-13H,3,14-15H2,1-2H3,(H,34,38)(H,35,37). The molecule has 3 aromatic carbocycles. The molecule has 0 saturated heterocycles. The molecule has 3 aromatic rings. The lowest BCUT2D eigenvalue weighted by Crippen LogP contribution is -2.42. The number of nitrogens with zero attached hydrogens (tertiary/aromatic N) is 1. The number of hydrogen-bond acceptors (Lipinski definition) is 4. The van der Waals surface area contributed by atoms with E-state index < -0.39 is 18.2 Å². The smallest absolute Gasteiger partial charge is 0.374 e. The number of benzene rings is 3. The van der Waals surface area contributed by atoms with Crippen molar-refractivity contribution in [2.75, 3.05) is 5.32 Å². The highest BCUT2D eigenvalue weighted by Gasteiger charge is 2.62. The molecule has 0 radical (unpaired) electrons. The van der Waals surface area contributed by atoms with Crippen molar-refractivity contribution < 1.29 is 27.6 Å². The van der Waals surface area contributed by atoms with Crippen LogP contribution in [0.3, 0.4) is 0 Å². The highest BCUT2D eigenvalue weighted by Crippen LogP contribution is 2.50. The van der Waals surface area contributed by atoms with E-state index in [0.717, 1.165) is 17.7 Å². The van der Waals surface area contributed by atoms with Crippen LogP contribution >= 0.6 is 23.2 Å². The van der Waals surface area contributed by atoms with Gasteiger partial charge in [-0.15, -0.1) is 0 Å². The van der Waals surface area contributed by atoms with Crippen LogP contribution in [0.4, 0.5) is 18.9 Å². The first kappa shape index (κ1) is 28.4. The van der Waals surface area contributed by atoms with E-state index in [-0.39, 0.29) is 39.7 Å². The van der Waals surface area contributed by atoms with Gasteiger partial charge in [-0.25, -0.2) is 0 Å². The van der Waals surface area contributed by atoms with Gasteiger partial charge in [-0.05, 0) is 53.1 Å². The fourth-order valence-corrected chi connectivity index (χ4v) is 4.84. The minimum atomic E-state index is -4.83. The topological polar surface area (TPSA) is 79.8 Å².